The van der Waals surface area contributed by atoms with Crippen molar-refractivity contribution in [2.75, 3.05) is 0 Å². The first-order valence-corrected chi connectivity index (χ1v) is 6.42. The number of halogens is 5. The third-order valence-electron chi connectivity index (χ3n) is 2.56. The van der Waals surface area contributed by atoms with Gasteiger partial charge >= 0.3 is 6.18 Å². The molecule has 1 aromatic heterocycles. The molecule has 0 spiro atoms. The number of aromatic nitrogens is 1. The van der Waals surface area contributed by atoms with Gasteiger partial charge in [-0.05, 0) is 23.8 Å². The maximum absolute atomic E-state index is 13.2. The Kier molecular flexibility index (Phi) is 3.89. The Balaban J connectivity index is 2.60. The molecule has 1 nitrogen and oxygen atoms in total. The van der Waals surface area contributed by atoms with Gasteiger partial charge in [0, 0.05) is 17.1 Å². The lowest BCUT2D eigenvalue weighted by Gasteiger charge is -2.11. The van der Waals surface area contributed by atoms with Crippen LogP contribution < -0.4 is 0 Å². The van der Waals surface area contributed by atoms with E-state index in [9.17, 15) is 17.6 Å². The van der Waals surface area contributed by atoms with Gasteiger partial charge in [0.1, 0.15) is 5.82 Å². The summed E-state index contributed by atoms with van der Waals surface area (Å²) in [6.07, 6.45) is -3.70. The maximum atomic E-state index is 13.2. The van der Waals surface area contributed by atoms with E-state index in [1.807, 2.05) is 0 Å². The van der Waals surface area contributed by atoms with Crippen molar-refractivity contribution in [1.29, 1.82) is 0 Å². The average Bonchev–Trinajstić information content (AvgIpc) is 2.37. The van der Waals surface area contributed by atoms with Crippen LogP contribution in [0, 0.1) is 5.82 Å². The summed E-state index contributed by atoms with van der Waals surface area (Å²) in [6, 6.07) is 6.40. The zero-order valence-electron chi connectivity index (χ0n) is 9.51. The van der Waals surface area contributed by atoms with Gasteiger partial charge in [-0.3, -0.25) is 4.98 Å². The summed E-state index contributed by atoms with van der Waals surface area (Å²) in [7, 11) is 0. The molecule has 0 bridgehead atoms. The van der Waals surface area contributed by atoms with Crippen molar-refractivity contribution in [3.63, 3.8) is 0 Å². The van der Waals surface area contributed by atoms with Crippen molar-refractivity contribution in [3.8, 4) is 11.1 Å². The number of alkyl halides is 4. The second-order valence-corrected chi connectivity index (χ2v) is 4.42. The van der Waals surface area contributed by atoms with Crippen molar-refractivity contribution < 1.29 is 17.6 Å². The molecule has 0 aliphatic rings. The Morgan fingerprint density at radius 1 is 1.16 bits per heavy atom. The number of rotatable bonds is 2. The van der Waals surface area contributed by atoms with E-state index in [2.05, 4.69) is 20.9 Å². The zero-order valence-corrected chi connectivity index (χ0v) is 11.1. The molecule has 0 amide bonds. The molecule has 2 rings (SSSR count). The molecule has 0 atom stereocenters. The summed E-state index contributed by atoms with van der Waals surface area (Å²) in [5.74, 6) is -0.504. The van der Waals surface area contributed by atoms with E-state index in [4.69, 9.17) is 0 Å². The van der Waals surface area contributed by atoms with E-state index < -0.39 is 17.6 Å². The Morgan fingerprint density at radius 3 is 2.47 bits per heavy atom. The second-order valence-electron chi connectivity index (χ2n) is 3.86. The Hall–Kier alpha value is -1.43. The quantitative estimate of drug-likeness (QED) is 0.568. The number of nitrogens with zero attached hydrogens (tertiary/aromatic N) is 1. The molecular weight excluding hydrogens is 326 g/mol. The van der Waals surface area contributed by atoms with Gasteiger partial charge in [0.2, 0.25) is 0 Å². The van der Waals surface area contributed by atoms with Crippen LogP contribution in [0.5, 0.6) is 0 Å². The lowest BCUT2D eigenvalue weighted by atomic mass is 10.0. The molecule has 2 aromatic rings. The lowest BCUT2D eigenvalue weighted by molar-refractivity contribution is -0.137. The lowest BCUT2D eigenvalue weighted by Crippen LogP contribution is -2.07. The van der Waals surface area contributed by atoms with Crippen LogP contribution in [0.2, 0.25) is 0 Å². The zero-order chi connectivity index (χ0) is 14.0. The van der Waals surface area contributed by atoms with Gasteiger partial charge in [-0.25, -0.2) is 4.39 Å². The molecule has 0 saturated carbocycles. The van der Waals surface area contributed by atoms with Crippen LogP contribution in [-0.4, -0.2) is 4.98 Å². The first kappa shape index (κ1) is 14.0. The summed E-state index contributed by atoms with van der Waals surface area (Å²) in [6.45, 7) is 0. The Labute approximate surface area is 115 Å². The van der Waals surface area contributed by atoms with Crippen LogP contribution in [0.25, 0.3) is 11.1 Å². The van der Waals surface area contributed by atoms with E-state index in [0.29, 0.717) is 11.3 Å². The van der Waals surface area contributed by atoms with Gasteiger partial charge < -0.3 is 0 Å². The molecule has 0 fully saturated rings. The fourth-order valence-electron chi connectivity index (χ4n) is 1.66. The first-order chi connectivity index (χ1) is 8.91. The van der Waals surface area contributed by atoms with Crippen LogP contribution in [0.3, 0.4) is 0 Å². The summed E-state index contributed by atoms with van der Waals surface area (Å²) in [5, 5.41) is 0.289. The van der Waals surface area contributed by atoms with E-state index in [-0.39, 0.29) is 10.9 Å². The highest BCUT2D eigenvalue weighted by molar-refractivity contribution is 9.08. The van der Waals surface area contributed by atoms with Crippen molar-refractivity contribution in [3.05, 3.63) is 53.6 Å². The first-order valence-electron chi connectivity index (χ1n) is 5.30. The predicted molar refractivity (Wildman–Crippen MR) is 67.3 cm³/mol. The standard InChI is InChI=1S/C13H8BrF4N/c14-6-12-11(8-2-1-3-10(15)4-8)5-9(7-19-12)13(16,17)18/h1-5,7H,6H2. The van der Waals surface area contributed by atoms with Crippen LogP contribution in [0.1, 0.15) is 11.3 Å². The molecule has 6 heteroatoms. The van der Waals surface area contributed by atoms with Crippen molar-refractivity contribution in [1.82, 2.24) is 4.98 Å². The van der Waals surface area contributed by atoms with Gasteiger partial charge in [0.05, 0.1) is 11.3 Å². The van der Waals surface area contributed by atoms with E-state index in [1.165, 1.54) is 18.2 Å². The molecule has 0 radical (unpaired) electrons. The average molecular weight is 334 g/mol. The minimum absolute atomic E-state index is 0.270. The van der Waals surface area contributed by atoms with Crippen LogP contribution >= 0.6 is 15.9 Å². The monoisotopic (exact) mass is 333 g/mol. The predicted octanol–water partition coefficient (Wildman–Crippen LogP) is 4.80. The summed E-state index contributed by atoms with van der Waals surface area (Å²) in [4.78, 5) is 3.78. The summed E-state index contributed by atoms with van der Waals surface area (Å²) < 4.78 is 51.2. The highest BCUT2D eigenvalue weighted by atomic mass is 79.9. The smallest absolute Gasteiger partial charge is 0.259 e. The number of pyridine rings is 1. The topological polar surface area (TPSA) is 12.9 Å². The normalized spacial score (nSPS) is 11.6. The largest absolute Gasteiger partial charge is 0.417 e. The minimum Gasteiger partial charge on any atom is -0.259 e. The molecule has 0 aliphatic carbocycles. The second kappa shape index (κ2) is 5.28. The van der Waals surface area contributed by atoms with E-state index in [1.54, 1.807) is 6.07 Å². The number of hydrogen-bond donors (Lipinski definition) is 0. The highest BCUT2D eigenvalue weighted by Gasteiger charge is 2.31. The molecule has 1 heterocycles. The molecular formula is C13H8BrF4N. The number of hydrogen-bond acceptors (Lipinski definition) is 1. The Bertz CT molecular complexity index is 595. The third-order valence-corrected chi connectivity index (χ3v) is 3.09. The fraction of sp³-hybridized carbons (Fsp3) is 0.154. The third kappa shape index (κ3) is 3.12. The summed E-state index contributed by atoms with van der Waals surface area (Å²) >= 11 is 3.16. The van der Waals surface area contributed by atoms with Gasteiger partial charge in [0.25, 0.3) is 0 Å². The SMILES string of the molecule is Fc1cccc(-c2cc(C(F)(F)F)cnc2CBr)c1. The van der Waals surface area contributed by atoms with Gasteiger partial charge in [0.15, 0.2) is 0 Å². The van der Waals surface area contributed by atoms with Crippen LogP contribution in [-0.2, 0) is 11.5 Å². The van der Waals surface area contributed by atoms with Crippen LogP contribution in [0.4, 0.5) is 17.6 Å². The van der Waals surface area contributed by atoms with Gasteiger partial charge in [-0.2, -0.15) is 13.2 Å². The van der Waals surface area contributed by atoms with Crippen LogP contribution in [0.15, 0.2) is 36.5 Å². The maximum Gasteiger partial charge on any atom is 0.417 e. The minimum atomic E-state index is -4.47. The van der Waals surface area contributed by atoms with Crippen molar-refractivity contribution in [2.45, 2.75) is 11.5 Å². The van der Waals surface area contributed by atoms with E-state index in [0.717, 1.165) is 12.3 Å². The molecule has 0 saturated heterocycles. The summed E-state index contributed by atoms with van der Waals surface area (Å²) in [5.41, 5.74) is 0.217. The molecule has 1 aromatic carbocycles. The van der Waals surface area contributed by atoms with Crippen molar-refractivity contribution >= 4 is 15.9 Å². The van der Waals surface area contributed by atoms with E-state index >= 15 is 0 Å². The van der Waals surface area contributed by atoms with Crippen molar-refractivity contribution in [2.24, 2.45) is 0 Å². The molecule has 100 valence electrons. The molecule has 0 unspecified atom stereocenters. The molecule has 19 heavy (non-hydrogen) atoms. The molecule has 0 N–H and O–H groups in total. The van der Waals surface area contributed by atoms with Gasteiger partial charge in [-0.1, -0.05) is 28.1 Å². The van der Waals surface area contributed by atoms with Gasteiger partial charge in [-0.15, -0.1) is 0 Å². The number of benzene rings is 1. The molecule has 0 aliphatic heterocycles. The highest BCUT2D eigenvalue weighted by Crippen LogP contribution is 2.33. The Morgan fingerprint density at radius 2 is 1.89 bits per heavy atom. The fourth-order valence-corrected chi connectivity index (χ4v) is 2.11.